The van der Waals surface area contributed by atoms with E-state index in [1.807, 2.05) is 13.0 Å². The molecule has 2 aliphatic heterocycles. The number of imidazole rings is 1. The molecule has 13 heteroatoms. The van der Waals surface area contributed by atoms with Gasteiger partial charge >= 0.3 is 0 Å². The highest BCUT2D eigenvalue weighted by Gasteiger charge is 2.36. The molecular formula is C30H31F2N7O4. The van der Waals surface area contributed by atoms with Crippen molar-refractivity contribution in [3.63, 3.8) is 0 Å². The van der Waals surface area contributed by atoms with Gasteiger partial charge in [0.2, 0.25) is 11.7 Å². The Kier molecular flexibility index (Phi) is 7.67. The first-order valence-corrected chi connectivity index (χ1v) is 14.0. The number of aryl methyl sites for hydroxylation is 1. The Balaban J connectivity index is 1.16. The lowest BCUT2D eigenvalue weighted by Crippen LogP contribution is -2.56. The zero-order valence-corrected chi connectivity index (χ0v) is 23.7. The smallest absolute Gasteiger partial charge is 0.254 e. The minimum atomic E-state index is -1.08. The molecule has 2 aromatic heterocycles. The number of nitrogens with one attached hydrogen (secondary N) is 2. The molecule has 4 aromatic rings. The Morgan fingerprint density at radius 1 is 1.07 bits per heavy atom. The molecule has 3 N–H and O–H groups in total. The summed E-state index contributed by atoms with van der Waals surface area (Å²) in [5.74, 6) is -2.17. The molecule has 0 bridgehead atoms. The van der Waals surface area contributed by atoms with Gasteiger partial charge in [0.05, 0.1) is 25.1 Å². The number of ether oxygens (including phenoxy) is 1. The molecule has 11 nitrogen and oxygen atoms in total. The van der Waals surface area contributed by atoms with Crippen LogP contribution in [0, 0.1) is 18.6 Å². The van der Waals surface area contributed by atoms with E-state index in [2.05, 4.69) is 20.6 Å². The van der Waals surface area contributed by atoms with Gasteiger partial charge in [-0.25, -0.2) is 14.4 Å². The summed E-state index contributed by atoms with van der Waals surface area (Å²) in [7, 11) is 1.27. The van der Waals surface area contributed by atoms with Crippen molar-refractivity contribution in [1.29, 1.82) is 0 Å². The number of rotatable bonds is 6. The van der Waals surface area contributed by atoms with E-state index in [1.54, 1.807) is 32.5 Å². The van der Waals surface area contributed by atoms with Crippen molar-refractivity contribution in [3.05, 3.63) is 71.7 Å². The van der Waals surface area contributed by atoms with Crippen LogP contribution in [0.1, 0.15) is 22.3 Å². The third-order valence-electron chi connectivity index (χ3n) is 8.02. The largest absolute Gasteiger partial charge is 0.494 e. The maximum atomic E-state index is 14.8. The highest BCUT2D eigenvalue weighted by atomic mass is 19.2. The normalized spacial score (nSPS) is 18.7. The van der Waals surface area contributed by atoms with E-state index < -0.39 is 23.8 Å². The van der Waals surface area contributed by atoms with Crippen LogP contribution in [0.4, 0.5) is 20.3 Å². The van der Waals surface area contributed by atoms with Gasteiger partial charge in [-0.1, -0.05) is 0 Å². The van der Waals surface area contributed by atoms with E-state index in [0.717, 1.165) is 5.56 Å². The molecule has 224 valence electrons. The van der Waals surface area contributed by atoms with E-state index in [-0.39, 0.29) is 23.1 Å². The molecule has 2 fully saturated rings. The molecular weight excluding hydrogens is 560 g/mol. The van der Waals surface area contributed by atoms with Gasteiger partial charge < -0.3 is 30.3 Å². The van der Waals surface area contributed by atoms with Crippen LogP contribution < -0.4 is 15.4 Å². The lowest BCUT2D eigenvalue weighted by atomic mass is 10.1. The second kappa shape index (κ2) is 11.6. The minimum Gasteiger partial charge on any atom is -0.494 e. The number of anilines is 2. The van der Waals surface area contributed by atoms with Gasteiger partial charge in [-0.05, 0) is 55.8 Å². The number of benzene rings is 2. The van der Waals surface area contributed by atoms with Crippen molar-refractivity contribution in [2.45, 2.75) is 25.5 Å². The van der Waals surface area contributed by atoms with Crippen molar-refractivity contribution < 1.29 is 28.2 Å². The van der Waals surface area contributed by atoms with Crippen LogP contribution in [0.2, 0.25) is 0 Å². The summed E-state index contributed by atoms with van der Waals surface area (Å²) in [4.78, 5) is 38.3. The predicted octanol–water partition coefficient (Wildman–Crippen LogP) is 2.74. The molecule has 2 aromatic carbocycles. The van der Waals surface area contributed by atoms with Gasteiger partial charge in [0.1, 0.15) is 6.04 Å². The zero-order valence-electron chi connectivity index (χ0n) is 23.7. The number of halogens is 2. The fourth-order valence-corrected chi connectivity index (χ4v) is 5.65. The second-order valence-corrected chi connectivity index (χ2v) is 10.6. The summed E-state index contributed by atoms with van der Waals surface area (Å²) in [6, 6.07) is 7.54. The number of aliphatic hydroxyl groups is 1. The van der Waals surface area contributed by atoms with Crippen LogP contribution in [-0.4, -0.2) is 93.1 Å². The van der Waals surface area contributed by atoms with E-state index in [9.17, 15) is 23.5 Å². The highest BCUT2D eigenvalue weighted by Crippen LogP contribution is 2.31. The number of piperazine rings is 1. The SMILES string of the molecule is COc1ccc(-c2cnc3c(Nc4ccc(C(=O)N5CCN(C(=O)[C@H]6NCC[C@@H]6O)CC5)c(C)c4)nccn23)c(F)c1F. The Morgan fingerprint density at radius 3 is 2.53 bits per heavy atom. The average molecular weight is 592 g/mol. The maximum absolute atomic E-state index is 14.8. The van der Waals surface area contributed by atoms with Crippen LogP contribution in [0.25, 0.3) is 16.9 Å². The Hall–Kier alpha value is -4.62. The minimum absolute atomic E-state index is 0.0275. The summed E-state index contributed by atoms with van der Waals surface area (Å²) < 4.78 is 35.7. The van der Waals surface area contributed by atoms with Crippen molar-refractivity contribution in [2.75, 3.05) is 45.2 Å². The zero-order chi connectivity index (χ0) is 30.2. The number of aromatic nitrogens is 3. The Bertz CT molecular complexity index is 1700. The van der Waals surface area contributed by atoms with Gasteiger partial charge in [0.25, 0.3) is 5.91 Å². The lowest BCUT2D eigenvalue weighted by molar-refractivity contribution is -0.136. The number of hydrogen-bond donors (Lipinski definition) is 3. The predicted molar refractivity (Wildman–Crippen MR) is 154 cm³/mol. The van der Waals surface area contributed by atoms with Gasteiger partial charge in [0.15, 0.2) is 23.0 Å². The molecule has 4 heterocycles. The quantitative estimate of drug-likeness (QED) is 0.313. The van der Waals surface area contributed by atoms with Gasteiger partial charge in [-0.15, -0.1) is 0 Å². The van der Waals surface area contributed by atoms with E-state index in [0.29, 0.717) is 67.6 Å². The third-order valence-corrected chi connectivity index (χ3v) is 8.02. The second-order valence-electron chi connectivity index (χ2n) is 10.6. The molecule has 2 aliphatic rings. The fraction of sp³-hybridized carbons (Fsp3) is 0.333. The molecule has 2 saturated heterocycles. The third kappa shape index (κ3) is 5.25. The molecule has 0 aliphatic carbocycles. The summed E-state index contributed by atoms with van der Waals surface area (Å²) in [6.07, 6.45) is 4.45. The van der Waals surface area contributed by atoms with Crippen LogP contribution in [0.15, 0.2) is 48.9 Å². The number of fused-ring (bicyclic) bond motifs is 1. The first kappa shape index (κ1) is 28.5. The standard InChI is InChI=1S/C30H31F2N7O4/c1-17-15-18(3-4-19(17)29(41)37-11-13-38(14-12-37)30(42)26-22(40)7-8-33-26)36-27-28-35-16-21(39(28)10-9-34-27)20-5-6-23(43-2)25(32)24(20)31/h3-6,9-10,15-16,22,26,33,40H,7-8,11-14H2,1-2H3,(H,34,36)/t22-,26-/m0/s1. The van der Waals surface area contributed by atoms with E-state index in [1.165, 1.54) is 31.6 Å². The van der Waals surface area contributed by atoms with Crippen LogP contribution >= 0.6 is 0 Å². The molecule has 2 amide bonds. The number of carbonyl (C=O) groups is 2. The lowest BCUT2D eigenvalue weighted by Gasteiger charge is -2.36. The molecule has 0 radical (unpaired) electrons. The number of amides is 2. The first-order valence-electron chi connectivity index (χ1n) is 14.0. The topological polar surface area (TPSA) is 124 Å². The summed E-state index contributed by atoms with van der Waals surface area (Å²) in [5, 5.41) is 16.3. The molecule has 0 unspecified atom stereocenters. The number of aliphatic hydroxyl groups excluding tert-OH is 1. The Labute approximate surface area is 246 Å². The maximum Gasteiger partial charge on any atom is 0.254 e. The molecule has 6 rings (SSSR count). The van der Waals surface area contributed by atoms with Crippen molar-refractivity contribution >= 4 is 29.0 Å². The fourth-order valence-electron chi connectivity index (χ4n) is 5.65. The number of methoxy groups -OCH3 is 1. The number of nitrogens with zero attached hydrogens (tertiary/aromatic N) is 5. The summed E-state index contributed by atoms with van der Waals surface area (Å²) in [6.45, 7) is 4.07. The van der Waals surface area contributed by atoms with Gasteiger partial charge in [-0.3, -0.25) is 14.0 Å². The van der Waals surface area contributed by atoms with Crippen molar-refractivity contribution in [3.8, 4) is 17.0 Å². The van der Waals surface area contributed by atoms with Crippen LogP contribution in [0.5, 0.6) is 5.75 Å². The van der Waals surface area contributed by atoms with E-state index >= 15 is 0 Å². The van der Waals surface area contributed by atoms with Gasteiger partial charge in [0, 0.05) is 55.4 Å². The first-order chi connectivity index (χ1) is 20.8. The monoisotopic (exact) mass is 591 g/mol. The van der Waals surface area contributed by atoms with Crippen LogP contribution in [0.3, 0.4) is 0 Å². The molecule has 2 atom stereocenters. The summed E-state index contributed by atoms with van der Waals surface area (Å²) in [5.41, 5.74) is 2.73. The van der Waals surface area contributed by atoms with Crippen LogP contribution in [-0.2, 0) is 4.79 Å². The average Bonchev–Trinajstić information content (AvgIpc) is 3.65. The number of carbonyl (C=O) groups excluding carboxylic acids is 2. The number of hydrogen-bond acceptors (Lipinski definition) is 8. The van der Waals surface area contributed by atoms with E-state index in [4.69, 9.17) is 4.74 Å². The molecule has 0 saturated carbocycles. The summed E-state index contributed by atoms with van der Waals surface area (Å²) >= 11 is 0. The van der Waals surface area contributed by atoms with Crippen molar-refractivity contribution in [1.82, 2.24) is 29.5 Å². The molecule has 43 heavy (non-hydrogen) atoms. The Morgan fingerprint density at radius 2 is 1.84 bits per heavy atom. The van der Waals surface area contributed by atoms with Crippen molar-refractivity contribution in [2.24, 2.45) is 0 Å². The van der Waals surface area contributed by atoms with Gasteiger partial charge in [-0.2, -0.15) is 4.39 Å². The highest BCUT2D eigenvalue weighted by molar-refractivity contribution is 5.96. The molecule has 0 spiro atoms.